The molecule has 0 radical (unpaired) electrons. The Morgan fingerprint density at radius 1 is 1.16 bits per heavy atom. The second-order valence-electron chi connectivity index (χ2n) is 8.30. The molecule has 1 aliphatic heterocycles. The summed E-state index contributed by atoms with van der Waals surface area (Å²) in [5.41, 5.74) is 3.36. The second kappa shape index (κ2) is 8.55. The zero-order valence-corrected chi connectivity index (χ0v) is 18.4. The monoisotopic (exact) mass is 424 g/mol. The van der Waals surface area contributed by atoms with E-state index in [9.17, 15) is 9.59 Å². The molecule has 0 saturated carbocycles. The van der Waals surface area contributed by atoms with Gasteiger partial charge in [0.1, 0.15) is 5.76 Å². The molecular formula is C23H28N4O4. The Morgan fingerprint density at radius 3 is 2.52 bits per heavy atom. The number of aromatic nitrogens is 2. The number of amides is 1. The van der Waals surface area contributed by atoms with Crippen LogP contribution in [0.2, 0.25) is 0 Å². The molecule has 4 rings (SSSR count). The lowest BCUT2D eigenvalue weighted by Crippen LogP contribution is -2.46. The predicted octanol–water partition coefficient (Wildman–Crippen LogP) is 3.37. The molecule has 1 amide bonds. The van der Waals surface area contributed by atoms with Crippen molar-refractivity contribution in [3.05, 3.63) is 58.5 Å². The number of likely N-dealkylation sites (tertiary alicyclic amines) is 1. The van der Waals surface area contributed by atoms with Crippen molar-refractivity contribution in [3.63, 3.8) is 0 Å². The third-order valence-electron chi connectivity index (χ3n) is 5.93. The largest absolute Gasteiger partial charge is 0.459 e. The molecule has 3 aromatic heterocycles. The number of hydrogen-bond acceptors (Lipinski definition) is 6. The van der Waals surface area contributed by atoms with Gasteiger partial charge in [-0.1, -0.05) is 5.16 Å². The summed E-state index contributed by atoms with van der Waals surface area (Å²) in [4.78, 5) is 27.5. The predicted molar refractivity (Wildman–Crippen MR) is 115 cm³/mol. The highest BCUT2D eigenvalue weighted by atomic mass is 16.5. The van der Waals surface area contributed by atoms with Gasteiger partial charge < -0.3 is 14.3 Å². The van der Waals surface area contributed by atoms with Crippen LogP contribution in [0, 0.1) is 27.7 Å². The van der Waals surface area contributed by atoms with Crippen LogP contribution in [-0.4, -0.2) is 52.0 Å². The fourth-order valence-corrected chi connectivity index (χ4v) is 4.24. The Hall–Kier alpha value is -3.13. The normalized spacial score (nSPS) is 15.4. The molecule has 1 saturated heterocycles. The lowest BCUT2D eigenvalue weighted by atomic mass is 10.0. The summed E-state index contributed by atoms with van der Waals surface area (Å²) in [6, 6.07) is 5.64. The topological polar surface area (TPSA) is 93.5 Å². The van der Waals surface area contributed by atoms with Crippen LogP contribution in [0.4, 0.5) is 0 Å². The number of piperidine rings is 1. The number of rotatable bonds is 6. The van der Waals surface area contributed by atoms with Crippen LogP contribution in [0.3, 0.4) is 0 Å². The van der Waals surface area contributed by atoms with Crippen molar-refractivity contribution in [1.82, 2.24) is 19.9 Å². The Bertz CT molecular complexity index is 1100. The first-order chi connectivity index (χ1) is 14.8. The van der Waals surface area contributed by atoms with Crippen LogP contribution in [0.5, 0.6) is 0 Å². The van der Waals surface area contributed by atoms with E-state index in [1.54, 1.807) is 6.07 Å². The SMILES string of the molecule is Cc1cc(-n2c(C)cc(C(=O)CN3CCC(NC(=O)c4occc4C)CC3)c2C)no1. The van der Waals surface area contributed by atoms with Crippen LogP contribution in [-0.2, 0) is 0 Å². The van der Waals surface area contributed by atoms with Crippen LogP contribution in [0.15, 0.2) is 33.4 Å². The number of Topliss-reactive ketones (excluding diaryl/α,β-unsaturated/α-hetero) is 1. The van der Waals surface area contributed by atoms with Crippen LogP contribution in [0.25, 0.3) is 5.82 Å². The molecule has 0 atom stereocenters. The molecule has 0 aromatic carbocycles. The molecule has 1 N–H and O–H groups in total. The zero-order valence-electron chi connectivity index (χ0n) is 18.4. The number of carbonyl (C=O) groups excluding carboxylic acids is 2. The van der Waals surface area contributed by atoms with Gasteiger partial charge >= 0.3 is 0 Å². The van der Waals surface area contributed by atoms with Crippen LogP contribution < -0.4 is 5.32 Å². The minimum Gasteiger partial charge on any atom is -0.459 e. The van der Waals surface area contributed by atoms with Crippen molar-refractivity contribution in [1.29, 1.82) is 0 Å². The van der Waals surface area contributed by atoms with Gasteiger partial charge in [-0.25, -0.2) is 0 Å². The van der Waals surface area contributed by atoms with Crippen molar-refractivity contribution in [2.45, 2.75) is 46.6 Å². The molecule has 1 aliphatic rings. The van der Waals surface area contributed by atoms with E-state index in [4.69, 9.17) is 8.94 Å². The van der Waals surface area contributed by atoms with E-state index in [0.717, 1.165) is 48.6 Å². The minimum absolute atomic E-state index is 0.0869. The van der Waals surface area contributed by atoms with Crippen molar-refractivity contribution >= 4 is 11.7 Å². The molecule has 0 unspecified atom stereocenters. The Kier molecular flexibility index (Phi) is 5.82. The molecule has 3 aromatic rings. The van der Waals surface area contributed by atoms with E-state index in [0.29, 0.717) is 23.7 Å². The fourth-order valence-electron chi connectivity index (χ4n) is 4.24. The van der Waals surface area contributed by atoms with Crippen LogP contribution in [0.1, 0.15) is 56.5 Å². The zero-order chi connectivity index (χ0) is 22.1. The number of nitrogens with one attached hydrogen (secondary N) is 1. The molecule has 0 bridgehead atoms. The Labute approximate surface area is 181 Å². The van der Waals surface area contributed by atoms with Gasteiger partial charge in [-0.15, -0.1) is 0 Å². The van der Waals surface area contributed by atoms with Gasteiger partial charge in [-0.05, 0) is 52.7 Å². The third kappa shape index (κ3) is 4.34. The maximum Gasteiger partial charge on any atom is 0.287 e. The highest BCUT2D eigenvalue weighted by molar-refractivity contribution is 5.99. The molecular weight excluding hydrogens is 396 g/mol. The first-order valence-electron chi connectivity index (χ1n) is 10.6. The molecule has 0 aliphatic carbocycles. The third-order valence-corrected chi connectivity index (χ3v) is 5.93. The van der Waals surface area contributed by atoms with Gasteiger partial charge in [-0.2, -0.15) is 0 Å². The summed E-state index contributed by atoms with van der Waals surface area (Å²) in [6.45, 7) is 9.47. The summed E-state index contributed by atoms with van der Waals surface area (Å²) in [6.07, 6.45) is 3.13. The van der Waals surface area contributed by atoms with Crippen molar-refractivity contribution in [2.24, 2.45) is 0 Å². The van der Waals surface area contributed by atoms with E-state index in [1.165, 1.54) is 6.26 Å². The molecule has 8 nitrogen and oxygen atoms in total. The number of carbonyl (C=O) groups is 2. The van der Waals surface area contributed by atoms with Gasteiger partial charge in [0.25, 0.3) is 5.91 Å². The van der Waals surface area contributed by atoms with E-state index >= 15 is 0 Å². The number of nitrogens with zero attached hydrogens (tertiary/aromatic N) is 3. The standard InChI is InChI=1S/C23H28N4O4/c1-14-7-10-30-22(14)23(29)24-18-5-8-26(9-6-18)13-20(28)19-11-15(2)27(17(19)4)21-12-16(3)31-25-21/h7,10-12,18H,5-6,8-9,13H2,1-4H3,(H,24,29). The quantitative estimate of drug-likeness (QED) is 0.610. The summed E-state index contributed by atoms with van der Waals surface area (Å²) in [7, 11) is 0. The van der Waals surface area contributed by atoms with Gasteiger partial charge in [0.15, 0.2) is 17.4 Å². The highest BCUT2D eigenvalue weighted by Gasteiger charge is 2.25. The number of ketones is 1. The van der Waals surface area contributed by atoms with E-state index in [-0.39, 0.29) is 17.7 Å². The van der Waals surface area contributed by atoms with E-state index in [2.05, 4.69) is 15.4 Å². The smallest absolute Gasteiger partial charge is 0.287 e. The van der Waals surface area contributed by atoms with Crippen molar-refractivity contribution < 1.29 is 18.5 Å². The lowest BCUT2D eigenvalue weighted by molar-refractivity contribution is 0.0843. The maximum atomic E-state index is 13.0. The highest BCUT2D eigenvalue weighted by Crippen LogP contribution is 2.22. The maximum absolute atomic E-state index is 13.0. The summed E-state index contributed by atoms with van der Waals surface area (Å²) < 4.78 is 12.4. The Balaban J connectivity index is 1.34. The molecule has 0 spiro atoms. The van der Waals surface area contributed by atoms with Gasteiger partial charge in [0, 0.05) is 47.7 Å². The number of furan rings is 1. The number of aryl methyl sites for hydroxylation is 3. The molecule has 31 heavy (non-hydrogen) atoms. The summed E-state index contributed by atoms with van der Waals surface area (Å²) in [5.74, 6) is 1.71. The van der Waals surface area contributed by atoms with Crippen molar-refractivity contribution in [2.75, 3.05) is 19.6 Å². The number of hydrogen-bond donors (Lipinski definition) is 1. The molecule has 8 heteroatoms. The van der Waals surface area contributed by atoms with Gasteiger partial charge in [-0.3, -0.25) is 19.1 Å². The Morgan fingerprint density at radius 2 is 1.90 bits per heavy atom. The summed E-state index contributed by atoms with van der Waals surface area (Å²) in [5, 5.41) is 7.12. The average Bonchev–Trinajstić information content (AvgIpc) is 3.42. The van der Waals surface area contributed by atoms with E-state index < -0.39 is 0 Å². The van der Waals surface area contributed by atoms with E-state index in [1.807, 2.05) is 44.4 Å². The van der Waals surface area contributed by atoms with Gasteiger partial charge in [0.2, 0.25) is 0 Å². The second-order valence-corrected chi connectivity index (χ2v) is 8.30. The lowest BCUT2D eigenvalue weighted by Gasteiger charge is -2.31. The average molecular weight is 425 g/mol. The molecule has 4 heterocycles. The molecule has 1 fully saturated rings. The summed E-state index contributed by atoms with van der Waals surface area (Å²) >= 11 is 0. The minimum atomic E-state index is -0.174. The fraction of sp³-hybridized carbons (Fsp3) is 0.435. The molecule has 164 valence electrons. The first-order valence-corrected chi connectivity index (χ1v) is 10.6. The van der Waals surface area contributed by atoms with Crippen LogP contribution >= 0.6 is 0 Å². The van der Waals surface area contributed by atoms with Crippen molar-refractivity contribution in [3.8, 4) is 5.82 Å². The van der Waals surface area contributed by atoms with Gasteiger partial charge in [0.05, 0.1) is 12.8 Å². The first kappa shape index (κ1) is 21.1.